The Morgan fingerprint density at radius 3 is 2.31 bits per heavy atom. The summed E-state index contributed by atoms with van der Waals surface area (Å²) in [6.45, 7) is 5.86. The number of halogens is 4. The van der Waals surface area contributed by atoms with E-state index in [0.29, 0.717) is 22.2 Å². The van der Waals surface area contributed by atoms with Crippen molar-refractivity contribution in [2.45, 2.75) is 19.6 Å². The molecule has 15 heteroatoms. The molecule has 222 valence electrons. The fourth-order valence-electron chi connectivity index (χ4n) is 4.15. The summed E-state index contributed by atoms with van der Waals surface area (Å²) in [5, 5.41) is 17.8. The number of hydrogen-bond acceptors (Lipinski definition) is 7. The van der Waals surface area contributed by atoms with Gasteiger partial charge in [0.25, 0.3) is 0 Å². The third-order valence-corrected chi connectivity index (χ3v) is 6.68. The maximum absolute atomic E-state index is 12.4. The van der Waals surface area contributed by atoms with Gasteiger partial charge in [-0.3, -0.25) is 4.90 Å². The van der Waals surface area contributed by atoms with Crippen LogP contribution in [-0.4, -0.2) is 69.1 Å². The van der Waals surface area contributed by atoms with Crippen molar-refractivity contribution in [3.63, 3.8) is 0 Å². The van der Waals surface area contributed by atoms with Gasteiger partial charge in [-0.15, -0.1) is 0 Å². The van der Waals surface area contributed by atoms with Crippen LogP contribution in [0.15, 0.2) is 54.9 Å². The molecule has 1 aliphatic rings. The number of hydrogen-bond donors (Lipinski definition) is 4. The minimum atomic E-state index is -5.08. The van der Waals surface area contributed by atoms with Crippen LogP contribution in [0.2, 0.25) is 5.02 Å². The molecule has 0 unspecified atom stereocenters. The topological polar surface area (TPSA) is 147 Å². The first-order chi connectivity index (χ1) is 19.9. The number of urea groups is 1. The molecular weight excluding hydrogens is 579 g/mol. The Morgan fingerprint density at radius 2 is 1.69 bits per heavy atom. The van der Waals surface area contributed by atoms with Gasteiger partial charge in [-0.2, -0.15) is 18.3 Å². The maximum atomic E-state index is 12.4. The number of aromatic nitrogens is 3. The molecule has 0 aliphatic carbocycles. The lowest BCUT2D eigenvalue weighted by Crippen LogP contribution is -2.36. The molecule has 5 N–H and O–H groups in total. The Bertz CT molecular complexity index is 1570. The van der Waals surface area contributed by atoms with Crippen LogP contribution in [-0.2, 0) is 16.1 Å². The second kappa shape index (κ2) is 13.1. The lowest BCUT2D eigenvalue weighted by atomic mass is 10.1. The van der Waals surface area contributed by atoms with Gasteiger partial charge in [0.1, 0.15) is 11.8 Å². The molecule has 2 aromatic carbocycles. The molecule has 4 aromatic rings. The van der Waals surface area contributed by atoms with Gasteiger partial charge < -0.3 is 26.2 Å². The van der Waals surface area contributed by atoms with Crippen molar-refractivity contribution in [3.05, 3.63) is 71.1 Å². The van der Waals surface area contributed by atoms with E-state index in [9.17, 15) is 18.0 Å². The van der Waals surface area contributed by atoms with Crippen LogP contribution in [0.25, 0.3) is 16.6 Å². The maximum Gasteiger partial charge on any atom is 0.490 e. The predicted molar refractivity (Wildman–Crippen MR) is 151 cm³/mol. The average Bonchev–Trinajstić information content (AvgIpc) is 3.31. The molecule has 0 spiro atoms. The number of aliphatic carboxylic acids is 1. The van der Waals surface area contributed by atoms with E-state index < -0.39 is 12.1 Å². The fraction of sp³-hybridized carbons (Fsp3) is 0.259. The van der Waals surface area contributed by atoms with Crippen molar-refractivity contribution in [1.29, 1.82) is 0 Å². The van der Waals surface area contributed by atoms with Gasteiger partial charge in [0.15, 0.2) is 5.82 Å². The highest BCUT2D eigenvalue weighted by Gasteiger charge is 2.38. The van der Waals surface area contributed by atoms with Gasteiger partial charge in [-0.05, 0) is 48.4 Å². The molecule has 1 fully saturated rings. The number of nitrogens with zero attached hydrogens (tertiary/aromatic N) is 4. The number of carbonyl (C=O) groups is 2. The van der Waals surface area contributed by atoms with Gasteiger partial charge >= 0.3 is 18.2 Å². The van der Waals surface area contributed by atoms with E-state index in [2.05, 4.69) is 31.7 Å². The minimum absolute atomic E-state index is 0.350. The molecule has 42 heavy (non-hydrogen) atoms. The predicted octanol–water partition coefficient (Wildman–Crippen LogP) is 5.05. The molecule has 11 nitrogen and oxygen atoms in total. The van der Waals surface area contributed by atoms with Crippen LogP contribution in [0.1, 0.15) is 11.3 Å². The Balaban J connectivity index is 0.000000517. The molecule has 0 bridgehead atoms. The van der Waals surface area contributed by atoms with Crippen molar-refractivity contribution >= 4 is 46.3 Å². The van der Waals surface area contributed by atoms with E-state index in [-0.39, 0.29) is 6.03 Å². The Hall–Kier alpha value is -4.40. The summed E-state index contributed by atoms with van der Waals surface area (Å²) < 4.78 is 39.1. The van der Waals surface area contributed by atoms with Crippen LogP contribution >= 0.6 is 11.6 Å². The van der Waals surface area contributed by atoms with Gasteiger partial charge in [0, 0.05) is 41.6 Å². The zero-order chi connectivity index (χ0) is 30.4. The molecule has 3 heterocycles. The Kier molecular flexibility index (Phi) is 9.50. The first kappa shape index (κ1) is 30.6. The quantitative estimate of drug-likeness (QED) is 0.247. The molecule has 2 amide bonds. The number of benzene rings is 2. The number of nitrogen functional groups attached to an aromatic ring is 1. The number of ether oxygens (including phenoxy) is 1. The monoisotopic (exact) mass is 605 g/mol. The van der Waals surface area contributed by atoms with Crippen molar-refractivity contribution in [3.8, 4) is 11.1 Å². The molecule has 1 saturated heterocycles. The average molecular weight is 606 g/mol. The van der Waals surface area contributed by atoms with Crippen molar-refractivity contribution in [1.82, 2.24) is 19.5 Å². The molecule has 5 rings (SSSR count). The zero-order valence-corrected chi connectivity index (χ0v) is 23.0. The number of morpholine rings is 1. The fourth-order valence-corrected chi connectivity index (χ4v) is 4.33. The summed E-state index contributed by atoms with van der Waals surface area (Å²) in [7, 11) is 0. The van der Waals surface area contributed by atoms with Crippen LogP contribution in [0.3, 0.4) is 0 Å². The molecular formula is C27H27ClF3N7O4. The number of carboxylic acids is 1. The summed E-state index contributed by atoms with van der Waals surface area (Å²) in [6, 6.07) is 14.7. The number of carbonyl (C=O) groups excluding carboxylic acids is 1. The van der Waals surface area contributed by atoms with E-state index in [4.69, 9.17) is 32.0 Å². The van der Waals surface area contributed by atoms with Gasteiger partial charge in [-0.25, -0.2) is 19.1 Å². The summed E-state index contributed by atoms with van der Waals surface area (Å²) in [4.78, 5) is 27.9. The largest absolute Gasteiger partial charge is 0.490 e. The SMILES string of the molecule is Cc1ccc(NC(=O)Nc2ccc(-c3cc(CN4CCOCC4)n4ncnc(N)c34)cc2)cc1Cl.O=C(O)C(F)(F)F. The molecule has 1 aliphatic heterocycles. The zero-order valence-electron chi connectivity index (χ0n) is 22.3. The smallest absolute Gasteiger partial charge is 0.475 e. The summed E-state index contributed by atoms with van der Waals surface area (Å²) >= 11 is 6.14. The van der Waals surface area contributed by atoms with Crippen LogP contribution in [0, 0.1) is 6.92 Å². The number of rotatable bonds is 5. The number of carboxylic acid groups (broad SMARTS) is 1. The van der Waals surface area contributed by atoms with E-state index >= 15 is 0 Å². The molecule has 0 saturated carbocycles. The third-order valence-electron chi connectivity index (χ3n) is 6.27. The van der Waals surface area contributed by atoms with Crippen LogP contribution < -0.4 is 16.4 Å². The Labute approximate surface area is 243 Å². The van der Waals surface area contributed by atoms with E-state index in [0.717, 1.165) is 60.7 Å². The van der Waals surface area contributed by atoms with Crippen molar-refractivity contribution < 1.29 is 32.6 Å². The van der Waals surface area contributed by atoms with Gasteiger partial charge in [-0.1, -0.05) is 29.8 Å². The third kappa shape index (κ3) is 7.66. The van der Waals surface area contributed by atoms with Gasteiger partial charge in [0.05, 0.1) is 18.9 Å². The van der Waals surface area contributed by atoms with Crippen LogP contribution in [0.5, 0.6) is 0 Å². The second-order valence-corrected chi connectivity index (χ2v) is 9.67. The molecule has 2 aromatic heterocycles. The standard InChI is InChI=1S/C25H26ClN7O2.C2HF3O2/c1-16-2-5-19(12-22(16)26)31-25(34)30-18-6-3-17(4-7-18)21-13-20(14-32-8-10-35-11-9-32)33-23(21)24(27)28-15-29-33;3-2(4,5)1(6)7/h2-7,12-13,15H,8-11,14H2,1H3,(H2,27,28,29)(H2,30,31,34);(H,6,7). The number of anilines is 3. The number of aryl methyl sites for hydroxylation is 1. The van der Waals surface area contributed by atoms with E-state index in [1.54, 1.807) is 6.07 Å². The van der Waals surface area contributed by atoms with Gasteiger partial charge in [0.2, 0.25) is 0 Å². The first-order valence-corrected chi connectivity index (χ1v) is 13.0. The van der Waals surface area contributed by atoms with Crippen molar-refractivity contribution in [2.24, 2.45) is 0 Å². The summed E-state index contributed by atoms with van der Waals surface area (Å²) in [5.41, 5.74) is 12.2. The molecule has 0 atom stereocenters. The first-order valence-electron chi connectivity index (χ1n) is 12.6. The molecule has 0 radical (unpaired) electrons. The number of nitrogens with two attached hydrogens (primary N) is 1. The highest BCUT2D eigenvalue weighted by Crippen LogP contribution is 2.32. The highest BCUT2D eigenvalue weighted by atomic mass is 35.5. The lowest BCUT2D eigenvalue weighted by Gasteiger charge is -2.26. The van der Waals surface area contributed by atoms with Crippen molar-refractivity contribution in [2.75, 3.05) is 42.7 Å². The summed E-state index contributed by atoms with van der Waals surface area (Å²) in [5.74, 6) is -2.34. The van der Waals surface area contributed by atoms with E-state index in [1.165, 1.54) is 6.33 Å². The number of amides is 2. The van der Waals surface area contributed by atoms with Crippen LogP contribution in [0.4, 0.5) is 35.2 Å². The number of nitrogens with one attached hydrogen (secondary N) is 2. The number of alkyl halides is 3. The highest BCUT2D eigenvalue weighted by molar-refractivity contribution is 6.31. The minimum Gasteiger partial charge on any atom is -0.475 e. The van der Waals surface area contributed by atoms with E-state index in [1.807, 2.05) is 47.8 Å². The normalized spacial score (nSPS) is 13.7. The summed E-state index contributed by atoms with van der Waals surface area (Å²) in [6.07, 6.45) is -3.61. The Morgan fingerprint density at radius 1 is 1.07 bits per heavy atom. The second-order valence-electron chi connectivity index (χ2n) is 9.27. The lowest BCUT2D eigenvalue weighted by molar-refractivity contribution is -0.192. The number of fused-ring (bicyclic) bond motifs is 1.